The second-order valence-electron chi connectivity index (χ2n) is 8.71. The molecule has 0 radical (unpaired) electrons. The van der Waals surface area contributed by atoms with Crippen molar-refractivity contribution in [1.82, 2.24) is 14.8 Å². The highest BCUT2D eigenvalue weighted by Crippen LogP contribution is 2.21. The molecule has 35 heavy (non-hydrogen) atoms. The van der Waals surface area contributed by atoms with E-state index in [4.69, 9.17) is 4.74 Å². The van der Waals surface area contributed by atoms with Crippen molar-refractivity contribution in [3.8, 4) is 5.75 Å². The Hall–Kier alpha value is -4.19. The van der Waals surface area contributed by atoms with E-state index in [1.165, 1.54) is 0 Å². The summed E-state index contributed by atoms with van der Waals surface area (Å²) in [5.74, 6) is 0.677. The van der Waals surface area contributed by atoms with Crippen LogP contribution in [0.4, 0.5) is 0 Å². The Labute approximate surface area is 204 Å². The number of para-hydroxylation sites is 1. The summed E-state index contributed by atoms with van der Waals surface area (Å²) in [6.07, 6.45) is 0. The maximum Gasteiger partial charge on any atom is 0.254 e. The number of carbonyl (C=O) groups is 2. The first-order valence-electron chi connectivity index (χ1n) is 11.8. The molecule has 0 bridgehead atoms. The largest absolute Gasteiger partial charge is 0.489 e. The van der Waals surface area contributed by atoms with Crippen LogP contribution in [0.2, 0.25) is 0 Å². The Kier molecular flexibility index (Phi) is 6.44. The van der Waals surface area contributed by atoms with Gasteiger partial charge in [-0.25, -0.2) is 0 Å². The first-order chi connectivity index (χ1) is 17.1. The number of ether oxygens (including phenoxy) is 1. The molecule has 4 aromatic rings. The minimum absolute atomic E-state index is 0.0151. The predicted octanol–water partition coefficient (Wildman–Crippen LogP) is 4.72. The first-order valence-corrected chi connectivity index (χ1v) is 11.8. The second-order valence-corrected chi connectivity index (χ2v) is 8.71. The monoisotopic (exact) mass is 465 g/mol. The molecule has 2 amide bonds. The molecule has 5 rings (SSSR count). The third-order valence-electron chi connectivity index (χ3n) is 6.28. The summed E-state index contributed by atoms with van der Waals surface area (Å²) in [7, 11) is 0. The van der Waals surface area contributed by atoms with Crippen LogP contribution in [-0.4, -0.2) is 52.8 Å². The summed E-state index contributed by atoms with van der Waals surface area (Å²) >= 11 is 0. The average molecular weight is 466 g/mol. The lowest BCUT2D eigenvalue weighted by atomic mass is 10.1. The van der Waals surface area contributed by atoms with E-state index >= 15 is 0 Å². The van der Waals surface area contributed by atoms with Crippen molar-refractivity contribution in [1.29, 1.82) is 0 Å². The van der Waals surface area contributed by atoms with Gasteiger partial charge in [-0.3, -0.25) is 14.6 Å². The van der Waals surface area contributed by atoms with Crippen LogP contribution in [0.25, 0.3) is 10.9 Å². The van der Waals surface area contributed by atoms with Crippen molar-refractivity contribution in [3.63, 3.8) is 0 Å². The molecule has 1 aromatic heterocycles. The molecular weight excluding hydrogens is 438 g/mol. The molecule has 1 saturated heterocycles. The van der Waals surface area contributed by atoms with Crippen molar-refractivity contribution in [2.24, 2.45) is 0 Å². The third kappa shape index (κ3) is 5.01. The molecular formula is C29H27N3O3. The molecule has 176 valence electrons. The summed E-state index contributed by atoms with van der Waals surface area (Å²) in [5, 5.41) is 0.858. The highest BCUT2D eigenvalue weighted by atomic mass is 16.5. The van der Waals surface area contributed by atoms with Crippen molar-refractivity contribution in [2.45, 2.75) is 13.5 Å². The van der Waals surface area contributed by atoms with Crippen LogP contribution < -0.4 is 4.74 Å². The zero-order valence-corrected chi connectivity index (χ0v) is 19.7. The van der Waals surface area contributed by atoms with Gasteiger partial charge in [0.15, 0.2) is 0 Å². The van der Waals surface area contributed by atoms with Crippen molar-refractivity contribution in [3.05, 3.63) is 107 Å². The van der Waals surface area contributed by atoms with Gasteiger partial charge in [-0.1, -0.05) is 48.5 Å². The van der Waals surface area contributed by atoms with Crippen molar-refractivity contribution < 1.29 is 14.3 Å². The molecule has 3 aromatic carbocycles. The molecule has 1 aliphatic heterocycles. The lowest BCUT2D eigenvalue weighted by Gasteiger charge is -2.35. The second kappa shape index (κ2) is 9.97. The van der Waals surface area contributed by atoms with Gasteiger partial charge in [0, 0.05) is 42.8 Å². The smallest absolute Gasteiger partial charge is 0.254 e. The highest BCUT2D eigenvalue weighted by Gasteiger charge is 2.26. The quantitative estimate of drug-likeness (QED) is 0.428. The van der Waals surface area contributed by atoms with E-state index in [0.29, 0.717) is 43.9 Å². The highest BCUT2D eigenvalue weighted by molar-refractivity contribution is 6.06. The average Bonchev–Trinajstić information content (AvgIpc) is 2.91. The van der Waals surface area contributed by atoms with Crippen LogP contribution in [-0.2, 0) is 6.61 Å². The Balaban J connectivity index is 1.20. The summed E-state index contributed by atoms with van der Waals surface area (Å²) in [4.78, 5) is 34.5. The molecule has 1 fully saturated rings. The van der Waals surface area contributed by atoms with E-state index in [-0.39, 0.29) is 11.8 Å². The van der Waals surface area contributed by atoms with Crippen LogP contribution in [0.5, 0.6) is 5.75 Å². The molecule has 0 unspecified atom stereocenters. The van der Waals surface area contributed by atoms with Crippen LogP contribution in [0.15, 0.2) is 84.9 Å². The summed E-state index contributed by atoms with van der Waals surface area (Å²) in [6, 6.07) is 26.8. The molecule has 2 heterocycles. The molecule has 0 saturated carbocycles. The summed E-state index contributed by atoms with van der Waals surface area (Å²) in [5.41, 5.74) is 4.01. The van der Waals surface area contributed by atoms with Gasteiger partial charge in [0.25, 0.3) is 11.8 Å². The number of hydrogen-bond acceptors (Lipinski definition) is 4. The Bertz CT molecular complexity index is 1340. The lowest BCUT2D eigenvalue weighted by Crippen LogP contribution is -2.50. The van der Waals surface area contributed by atoms with Crippen molar-refractivity contribution in [2.75, 3.05) is 26.2 Å². The molecule has 6 nitrogen and oxygen atoms in total. The van der Waals surface area contributed by atoms with Gasteiger partial charge in [0.1, 0.15) is 12.4 Å². The maximum absolute atomic E-state index is 13.3. The van der Waals surface area contributed by atoms with E-state index in [0.717, 1.165) is 27.9 Å². The number of amides is 2. The van der Waals surface area contributed by atoms with Crippen LogP contribution in [0.3, 0.4) is 0 Å². The number of aromatic nitrogens is 1. The van der Waals surface area contributed by atoms with Crippen LogP contribution in [0, 0.1) is 6.92 Å². The minimum Gasteiger partial charge on any atom is -0.489 e. The molecule has 0 N–H and O–H groups in total. The molecule has 6 heteroatoms. The number of fused-ring (bicyclic) bond motifs is 1. The van der Waals surface area contributed by atoms with Gasteiger partial charge < -0.3 is 14.5 Å². The van der Waals surface area contributed by atoms with Gasteiger partial charge in [-0.05, 0) is 48.9 Å². The maximum atomic E-state index is 13.3. The number of hydrogen-bond donors (Lipinski definition) is 0. The normalized spacial score (nSPS) is 13.6. The zero-order chi connectivity index (χ0) is 24.2. The van der Waals surface area contributed by atoms with Gasteiger partial charge in [-0.15, -0.1) is 0 Å². The first kappa shape index (κ1) is 22.6. The zero-order valence-electron chi connectivity index (χ0n) is 19.7. The Morgan fingerprint density at radius 2 is 1.43 bits per heavy atom. The van der Waals surface area contributed by atoms with Gasteiger partial charge in [0.05, 0.1) is 11.1 Å². The molecule has 0 aliphatic carbocycles. The Morgan fingerprint density at radius 3 is 2.14 bits per heavy atom. The number of nitrogens with zero attached hydrogens (tertiary/aromatic N) is 3. The fraction of sp³-hybridized carbons (Fsp3) is 0.207. The van der Waals surface area contributed by atoms with E-state index in [9.17, 15) is 9.59 Å². The number of aryl methyl sites for hydroxylation is 1. The SMILES string of the molecule is Cc1cc(C(=O)N2CCN(C(=O)c3ccc(OCc4ccccc4)cc3)CC2)c2ccccc2n1. The van der Waals surface area contributed by atoms with Crippen LogP contribution >= 0.6 is 0 Å². The standard InChI is InChI=1S/C29H27N3O3/c1-21-19-26(25-9-5-6-10-27(25)30-21)29(34)32-17-15-31(16-18-32)28(33)23-11-13-24(14-12-23)35-20-22-7-3-2-4-8-22/h2-14,19H,15-18,20H2,1H3. The topological polar surface area (TPSA) is 62.7 Å². The minimum atomic E-state index is -0.0306. The molecule has 1 aliphatic rings. The number of carbonyl (C=O) groups excluding carboxylic acids is 2. The number of pyridine rings is 1. The number of piperazine rings is 1. The van der Waals surface area contributed by atoms with E-state index in [1.54, 1.807) is 17.0 Å². The predicted molar refractivity (Wildman–Crippen MR) is 136 cm³/mol. The number of benzene rings is 3. The van der Waals surface area contributed by atoms with Gasteiger partial charge in [0.2, 0.25) is 0 Å². The molecule has 0 spiro atoms. The van der Waals surface area contributed by atoms with E-state index in [2.05, 4.69) is 4.98 Å². The number of rotatable bonds is 5. The third-order valence-corrected chi connectivity index (χ3v) is 6.28. The molecule has 0 atom stereocenters. The van der Waals surface area contributed by atoms with Crippen LogP contribution in [0.1, 0.15) is 32.0 Å². The summed E-state index contributed by atoms with van der Waals surface area (Å²) in [6.45, 7) is 4.38. The van der Waals surface area contributed by atoms with E-state index in [1.807, 2.05) is 84.6 Å². The summed E-state index contributed by atoms with van der Waals surface area (Å²) < 4.78 is 5.82. The van der Waals surface area contributed by atoms with E-state index < -0.39 is 0 Å². The fourth-order valence-corrected chi connectivity index (χ4v) is 4.38. The van der Waals surface area contributed by atoms with Crippen molar-refractivity contribution >= 4 is 22.7 Å². The van der Waals surface area contributed by atoms with Gasteiger partial charge in [-0.2, -0.15) is 0 Å². The van der Waals surface area contributed by atoms with Gasteiger partial charge >= 0.3 is 0 Å². The Morgan fingerprint density at radius 1 is 0.800 bits per heavy atom. The fourth-order valence-electron chi connectivity index (χ4n) is 4.38. The lowest BCUT2D eigenvalue weighted by molar-refractivity contribution is 0.0536.